The van der Waals surface area contributed by atoms with Gasteiger partial charge >= 0.3 is 0 Å². The van der Waals surface area contributed by atoms with Gasteiger partial charge < -0.3 is 0 Å². The number of carbonyl (C=O) groups excluding carboxylic acids is 1. The Balaban J connectivity index is 2.80. The molecule has 0 aliphatic heterocycles. The lowest BCUT2D eigenvalue weighted by Crippen LogP contribution is -2.13. The van der Waals surface area contributed by atoms with E-state index in [1.54, 1.807) is 6.08 Å². The zero-order valence-corrected chi connectivity index (χ0v) is 7.43. The fraction of sp³-hybridized carbons (Fsp3) is 0.444. The molecule has 0 aromatic heterocycles. The number of hydrogen-bond acceptors (Lipinski definition) is 1. The highest BCUT2D eigenvalue weighted by atomic mass is 35.5. The standard InChI is InChI=1S/C9H11ClO/c1-6(2)7-3-4-9(11)8(10)5-7/h3-6,8H,1-2H3. The van der Waals surface area contributed by atoms with Crippen molar-refractivity contribution in [2.24, 2.45) is 5.92 Å². The molecular formula is C9H11ClO. The van der Waals surface area contributed by atoms with E-state index in [4.69, 9.17) is 11.6 Å². The molecule has 2 heteroatoms. The van der Waals surface area contributed by atoms with Gasteiger partial charge in [0.1, 0.15) is 5.38 Å². The molecule has 0 aromatic carbocycles. The van der Waals surface area contributed by atoms with Crippen molar-refractivity contribution in [1.29, 1.82) is 0 Å². The van der Waals surface area contributed by atoms with Gasteiger partial charge in [-0.05, 0) is 17.6 Å². The van der Waals surface area contributed by atoms with E-state index in [1.165, 1.54) is 0 Å². The van der Waals surface area contributed by atoms with Gasteiger partial charge in [0.2, 0.25) is 0 Å². The van der Waals surface area contributed by atoms with Crippen molar-refractivity contribution < 1.29 is 4.79 Å². The summed E-state index contributed by atoms with van der Waals surface area (Å²) in [4.78, 5) is 10.9. The Bertz CT molecular complexity index is 226. The van der Waals surface area contributed by atoms with Crippen LogP contribution in [0.5, 0.6) is 0 Å². The average Bonchev–Trinajstić information content (AvgIpc) is 1.94. The molecule has 1 aliphatic carbocycles. The number of alkyl halides is 1. The van der Waals surface area contributed by atoms with E-state index in [-0.39, 0.29) is 5.78 Å². The van der Waals surface area contributed by atoms with Gasteiger partial charge in [-0.2, -0.15) is 0 Å². The summed E-state index contributed by atoms with van der Waals surface area (Å²) in [7, 11) is 0. The SMILES string of the molecule is CC(C)C1=CC(Cl)C(=O)C=C1. The molecule has 11 heavy (non-hydrogen) atoms. The van der Waals surface area contributed by atoms with Crippen LogP contribution in [0.4, 0.5) is 0 Å². The molecule has 1 atom stereocenters. The average molecular weight is 171 g/mol. The van der Waals surface area contributed by atoms with Crippen LogP contribution in [0, 0.1) is 5.92 Å². The number of carbonyl (C=O) groups is 1. The Kier molecular flexibility index (Phi) is 2.50. The first-order chi connectivity index (χ1) is 5.11. The van der Waals surface area contributed by atoms with E-state index < -0.39 is 5.38 Å². The smallest absolute Gasteiger partial charge is 0.177 e. The van der Waals surface area contributed by atoms with E-state index in [2.05, 4.69) is 13.8 Å². The second kappa shape index (κ2) is 3.22. The molecule has 0 N–H and O–H groups in total. The van der Waals surface area contributed by atoms with E-state index in [0.717, 1.165) is 5.57 Å². The normalized spacial score (nSPS) is 24.2. The highest BCUT2D eigenvalue weighted by Crippen LogP contribution is 2.18. The third-order valence-electron chi connectivity index (χ3n) is 1.72. The van der Waals surface area contributed by atoms with Crippen molar-refractivity contribution in [3.63, 3.8) is 0 Å². The Morgan fingerprint density at radius 1 is 1.45 bits per heavy atom. The summed E-state index contributed by atoms with van der Waals surface area (Å²) in [5.74, 6) is 0.427. The number of rotatable bonds is 1. The van der Waals surface area contributed by atoms with Crippen molar-refractivity contribution in [2.75, 3.05) is 0 Å². The van der Waals surface area contributed by atoms with Gasteiger partial charge in [-0.25, -0.2) is 0 Å². The van der Waals surface area contributed by atoms with Crippen LogP contribution in [-0.2, 0) is 4.79 Å². The maximum atomic E-state index is 10.9. The summed E-state index contributed by atoms with van der Waals surface area (Å²) >= 11 is 5.73. The van der Waals surface area contributed by atoms with Crippen LogP contribution >= 0.6 is 11.6 Å². The second-order valence-corrected chi connectivity index (χ2v) is 3.43. The third kappa shape index (κ3) is 1.93. The summed E-state index contributed by atoms with van der Waals surface area (Å²) < 4.78 is 0. The van der Waals surface area contributed by atoms with Gasteiger partial charge in [-0.1, -0.05) is 26.0 Å². The Hall–Kier alpha value is -0.560. The monoisotopic (exact) mass is 170 g/mol. The topological polar surface area (TPSA) is 17.1 Å². The Morgan fingerprint density at radius 3 is 2.55 bits per heavy atom. The van der Waals surface area contributed by atoms with Gasteiger partial charge in [0.15, 0.2) is 5.78 Å². The molecule has 1 aliphatic rings. The molecule has 1 rings (SSSR count). The first-order valence-electron chi connectivity index (χ1n) is 3.69. The quantitative estimate of drug-likeness (QED) is 0.552. The maximum Gasteiger partial charge on any atom is 0.177 e. The number of halogens is 1. The summed E-state index contributed by atoms with van der Waals surface area (Å²) in [5.41, 5.74) is 1.14. The van der Waals surface area contributed by atoms with Crippen LogP contribution < -0.4 is 0 Å². The third-order valence-corrected chi connectivity index (χ3v) is 2.06. The predicted molar refractivity (Wildman–Crippen MR) is 46.7 cm³/mol. The van der Waals surface area contributed by atoms with E-state index in [1.807, 2.05) is 12.2 Å². The van der Waals surface area contributed by atoms with Crippen molar-refractivity contribution >= 4 is 17.4 Å². The molecule has 0 radical (unpaired) electrons. The molecule has 0 aromatic rings. The molecule has 0 spiro atoms. The largest absolute Gasteiger partial charge is 0.293 e. The lowest BCUT2D eigenvalue weighted by Gasteiger charge is -2.12. The van der Waals surface area contributed by atoms with Gasteiger partial charge in [0.25, 0.3) is 0 Å². The molecule has 0 heterocycles. The molecule has 1 nitrogen and oxygen atoms in total. The van der Waals surface area contributed by atoms with Crippen molar-refractivity contribution in [3.05, 3.63) is 23.8 Å². The van der Waals surface area contributed by atoms with Crippen molar-refractivity contribution in [1.82, 2.24) is 0 Å². The minimum absolute atomic E-state index is 0.0175. The second-order valence-electron chi connectivity index (χ2n) is 2.96. The van der Waals surface area contributed by atoms with Crippen LogP contribution in [0.2, 0.25) is 0 Å². The zero-order chi connectivity index (χ0) is 8.43. The Morgan fingerprint density at radius 2 is 2.09 bits per heavy atom. The molecular weight excluding hydrogens is 160 g/mol. The van der Waals surface area contributed by atoms with E-state index >= 15 is 0 Å². The summed E-state index contributed by atoms with van der Waals surface area (Å²) in [6.45, 7) is 4.16. The summed E-state index contributed by atoms with van der Waals surface area (Å²) in [6.07, 6.45) is 5.20. The molecule has 0 amide bonds. The number of ketones is 1. The van der Waals surface area contributed by atoms with Gasteiger partial charge in [-0.3, -0.25) is 4.79 Å². The van der Waals surface area contributed by atoms with Crippen LogP contribution in [0.25, 0.3) is 0 Å². The fourth-order valence-corrected chi connectivity index (χ4v) is 1.18. The lowest BCUT2D eigenvalue weighted by molar-refractivity contribution is -0.113. The first-order valence-corrected chi connectivity index (χ1v) is 4.12. The van der Waals surface area contributed by atoms with E-state index in [0.29, 0.717) is 5.92 Å². The lowest BCUT2D eigenvalue weighted by atomic mass is 9.97. The molecule has 0 bridgehead atoms. The highest BCUT2D eigenvalue weighted by molar-refractivity contribution is 6.34. The van der Waals surface area contributed by atoms with E-state index in [9.17, 15) is 4.79 Å². The van der Waals surface area contributed by atoms with Crippen LogP contribution in [0.1, 0.15) is 13.8 Å². The van der Waals surface area contributed by atoms with Crippen LogP contribution in [0.15, 0.2) is 23.8 Å². The first kappa shape index (κ1) is 8.54. The maximum absolute atomic E-state index is 10.9. The van der Waals surface area contributed by atoms with Crippen LogP contribution in [0.3, 0.4) is 0 Å². The highest BCUT2D eigenvalue weighted by Gasteiger charge is 2.15. The molecule has 1 unspecified atom stereocenters. The Labute approximate surface area is 71.7 Å². The molecule has 0 fully saturated rings. The minimum Gasteiger partial charge on any atom is -0.293 e. The van der Waals surface area contributed by atoms with Gasteiger partial charge in [-0.15, -0.1) is 11.6 Å². The number of hydrogen-bond donors (Lipinski definition) is 0. The zero-order valence-electron chi connectivity index (χ0n) is 6.67. The predicted octanol–water partition coefficient (Wildman–Crippen LogP) is 2.32. The summed E-state index contributed by atoms with van der Waals surface area (Å²) in [6, 6.07) is 0. The van der Waals surface area contributed by atoms with Crippen molar-refractivity contribution in [3.8, 4) is 0 Å². The van der Waals surface area contributed by atoms with Crippen LogP contribution in [-0.4, -0.2) is 11.2 Å². The summed E-state index contributed by atoms with van der Waals surface area (Å²) in [5, 5.41) is -0.447. The van der Waals surface area contributed by atoms with Gasteiger partial charge in [0.05, 0.1) is 0 Å². The molecule has 0 saturated carbocycles. The molecule has 0 saturated heterocycles. The fourth-order valence-electron chi connectivity index (χ4n) is 0.962. The van der Waals surface area contributed by atoms with Crippen molar-refractivity contribution in [2.45, 2.75) is 19.2 Å². The molecule has 60 valence electrons. The minimum atomic E-state index is -0.447. The van der Waals surface area contributed by atoms with Gasteiger partial charge in [0, 0.05) is 0 Å². The number of allylic oxidation sites excluding steroid dienone is 4.